The van der Waals surface area contributed by atoms with Crippen LogP contribution >= 0.6 is 0 Å². The lowest BCUT2D eigenvalue weighted by molar-refractivity contribution is 0.177. The number of rotatable bonds is 5. The Balaban J connectivity index is 1.77. The predicted molar refractivity (Wildman–Crippen MR) is 109 cm³/mol. The summed E-state index contributed by atoms with van der Waals surface area (Å²) in [4.78, 5) is 0. The lowest BCUT2D eigenvalue weighted by Crippen LogP contribution is -2.67. The molecule has 1 fully saturated rings. The number of hydrogen-bond donors (Lipinski definition) is 1. The number of hydrogen-bond acceptors (Lipinski definition) is 2. The lowest BCUT2D eigenvalue weighted by atomic mass is 10.1. The van der Waals surface area contributed by atoms with Crippen molar-refractivity contribution in [2.75, 3.05) is 6.61 Å². The summed E-state index contributed by atoms with van der Waals surface area (Å²) in [6.45, 7) is 7.61. The topological polar surface area (TPSA) is 29.5 Å². The SMILES string of the molecule is CC(C)(C)[Si](OC[C@@]12C=C[C@H](O)[C@@H]1C2)(c1ccccc1)c1ccccc1. The van der Waals surface area contributed by atoms with Crippen molar-refractivity contribution in [3.8, 4) is 0 Å². The summed E-state index contributed by atoms with van der Waals surface area (Å²) >= 11 is 0. The Morgan fingerprint density at radius 1 is 1.00 bits per heavy atom. The number of aliphatic hydroxyl groups excluding tert-OH is 1. The third kappa shape index (κ3) is 2.70. The Hall–Kier alpha value is -1.68. The average Bonchev–Trinajstić information content (AvgIpc) is 3.28. The number of fused-ring (bicyclic) bond motifs is 1. The summed E-state index contributed by atoms with van der Waals surface area (Å²) in [6.07, 6.45) is 4.89. The van der Waals surface area contributed by atoms with Gasteiger partial charge in [0, 0.05) is 17.9 Å². The van der Waals surface area contributed by atoms with Crippen LogP contribution in [0.1, 0.15) is 27.2 Å². The molecule has 2 aromatic rings. The van der Waals surface area contributed by atoms with Crippen molar-refractivity contribution >= 4 is 18.7 Å². The van der Waals surface area contributed by atoms with Crippen molar-refractivity contribution in [1.82, 2.24) is 0 Å². The molecule has 3 heteroatoms. The molecule has 0 heterocycles. The van der Waals surface area contributed by atoms with Crippen LogP contribution in [0.25, 0.3) is 0 Å². The van der Waals surface area contributed by atoms with Crippen molar-refractivity contribution in [2.24, 2.45) is 11.3 Å². The first-order chi connectivity index (χ1) is 12.4. The summed E-state index contributed by atoms with van der Waals surface area (Å²) in [7, 11) is -2.47. The van der Waals surface area contributed by atoms with E-state index in [2.05, 4.69) is 87.5 Å². The fraction of sp³-hybridized carbons (Fsp3) is 0.391. The Morgan fingerprint density at radius 3 is 1.92 bits per heavy atom. The molecule has 2 nitrogen and oxygen atoms in total. The van der Waals surface area contributed by atoms with Gasteiger partial charge in [0.25, 0.3) is 8.32 Å². The molecular weight excluding hydrogens is 336 g/mol. The van der Waals surface area contributed by atoms with Gasteiger partial charge in [0.1, 0.15) is 0 Å². The Bertz CT molecular complexity index is 754. The molecule has 0 bridgehead atoms. The number of aliphatic hydroxyl groups is 1. The van der Waals surface area contributed by atoms with E-state index in [0.717, 1.165) is 6.42 Å². The van der Waals surface area contributed by atoms with E-state index in [4.69, 9.17) is 4.43 Å². The van der Waals surface area contributed by atoms with Crippen LogP contribution in [0.15, 0.2) is 72.8 Å². The zero-order valence-corrected chi connectivity index (χ0v) is 16.9. The lowest BCUT2D eigenvalue weighted by Gasteiger charge is -2.43. The van der Waals surface area contributed by atoms with Crippen molar-refractivity contribution < 1.29 is 9.53 Å². The van der Waals surface area contributed by atoms with E-state index in [-0.39, 0.29) is 16.6 Å². The first-order valence-corrected chi connectivity index (χ1v) is 11.4. The Morgan fingerprint density at radius 2 is 1.54 bits per heavy atom. The van der Waals surface area contributed by atoms with E-state index in [1.807, 2.05) is 6.08 Å². The van der Waals surface area contributed by atoms with Gasteiger partial charge in [-0.1, -0.05) is 93.6 Å². The van der Waals surface area contributed by atoms with Gasteiger partial charge in [-0.3, -0.25) is 0 Å². The Kier molecular flexibility index (Phi) is 4.22. The molecule has 1 N–H and O–H groups in total. The van der Waals surface area contributed by atoms with Crippen molar-refractivity contribution in [1.29, 1.82) is 0 Å². The minimum absolute atomic E-state index is 0.00231. The highest BCUT2D eigenvalue weighted by Gasteiger charge is 2.60. The van der Waals surface area contributed by atoms with Crippen LogP contribution in [0.3, 0.4) is 0 Å². The molecular formula is C23H28O2Si. The van der Waals surface area contributed by atoms with Crippen LogP contribution in [-0.4, -0.2) is 26.1 Å². The zero-order valence-electron chi connectivity index (χ0n) is 15.9. The molecule has 0 radical (unpaired) electrons. The second-order valence-corrected chi connectivity index (χ2v) is 13.2. The molecule has 2 aliphatic carbocycles. The summed E-state index contributed by atoms with van der Waals surface area (Å²) in [5, 5.41) is 12.7. The fourth-order valence-corrected chi connectivity index (χ4v) is 9.29. The Labute approximate surface area is 157 Å². The highest BCUT2D eigenvalue weighted by Crippen LogP contribution is 2.60. The molecule has 136 valence electrons. The van der Waals surface area contributed by atoms with E-state index < -0.39 is 8.32 Å². The third-order valence-electron chi connectivity index (χ3n) is 6.19. The molecule has 2 aliphatic rings. The van der Waals surface area contributed by atoms with Crippen LogP contribution in [0.4, 0.5) is 0 Å². The van der Waals surface area contributed by atoms with Gasteiger partial charge in [0.2, 0.25) is 0 Å². The maximum Gasteiger partial charge on any atom is 0.261 e. The van der Waals surface area contributed by atoms with Gasteiger partial charge in [0.05, 0.1) is 6.10 Å². The van der Waals surface area contributed by atoms with Gasteiger partial charge < -0.3 is 9.53 Å². The largest absolute Gasteiger partial charge is 0.407 e. The van der Waals surface area contributed by atoms with Crippen LogP contribution in [-0.2, 0) is 4.43 Å². The summed E-state index contributed by atoms with van der Waals surface area (Å²) < 4.78 is 7.02. The predicted octanol–water partition coefficient (Wildman–Crippen LogP) is 3.50. The van der Waals surface area contributed by atoms with E-state index in [9.17, 15) is 5.11 Å². The van der Waals surface area contributed by atoms with Crippen molar-refractivity contribution in [2.45, 2.75) is 38.3 Å². The third-order valence-corrected chi connectivity index (χ3v) is 11.2. The molecule has 2 aromatic carbocycles. The zero-order chi connectivity index (χ0) is 18.4. The van der Waals surface area contributed by atoms with E-state index in [0.29, 0.717) is 12.5 Å². The smallest absolute Gasteiger partial charge is 0.261 e. The average molecular weight is 365 g/mol. The normalized spacial score (nSPS) is 27.4. The van der Waals surface area contributed by atoms with Crippen molar-refractivity contribution in [3.05, 3.63) is 72.8 Å². The van der Waals surface area contributed by atoms with E-state index in [1.54, 1.807) is 0 Å². The molecule has 4 rings (SSSR count). The summed E-state index contributed by atoms with van der Waals surface area (Å²) in [5.74, 6) is 0.348. The quantitative estimate of drug-likeness (QED) is 0.650. The van der Waals surface area contributed by atoms with Crippen LogP contribution in [0, 0.1) is 11.3 Å². The van der Waals surface area contributed by atoms with Gasteiger partial charge in [-0.2, -0.15) is 0 Å². The van der Waals surface area contributed by atoms with Crippen LogP contribution in [0.5, 0.6) is 0 Å². The first kappa shape index (κ1) is 17.7. The monoisotopic (exact) mass is 364 g/mol. The maximum absolute atomic E-state index is 10.1. The highest BCUT2D eigenvalue weighted by atomic mass is 28.4. The molecule has 0 aromatic heterocycles. The molecule has 0 unspecified atom stereocenters. The van der Waals surface area contributed by atoms with Crippen molar-refractivity contribution in [3.63, 3.8) is 0 Å². The molecule has 0 spiro atoms. The summed E-state index contributed by atoms with van der Waals surface area (Å²) in [5.41, 5.74) is 0.0481. The minimum atomic E-state index is -2.47. The van der Waals surface area contributed by atoms with E-state index >= 15 is 0 Å². The van der Waals surface area contributed by atoms with Gasteiger partial charge in [-0.15, -0.1) is 0 Å². The van der Waals surface area contributed by atoms with Gasteiger partial charge in [-0.05, 0) is 21.8 Å². The minimum Gasteiger partial charge on any atom is -0.407 e. The molecule has 26 heavy (non-hydrogen) atoms. The molecule has 0 aliphatic heterocycles. The second-order valence-electron chi connectivity index (χ2n) is 8.85. The van der Waals surface area contributed by atoms with Crippen LogP contribution < -0.4 is 10.4 Å². The molecule has 0 saturated heterocycles. The first-order valence-electron chi connectivity index (χ1n) is 9.52. The maximum atomic E-state index is 10.1. The number of benzene rings is 2. The summed E-state index contributed by atoms with van der Waals surface area (Å²) in [6, 6.07) is 21.5. The van der Waals surface area contributed by atoms with E-state index in [1.165, 1.54) is 10.4 Å². The molecule has 1 saturated carbocycles. The second kappa shape index (κ2) is 6.19. The van der Waals surface area contributed by atoms with Gasteiger partial charge >= 0.3 is 0 Å². The van der Waals surface area contributed by atoms with Gasteiger partial charge in [0.15, 0.2) is 0 Å². The fourth-order valence-electron chi connectivity index (χ4n) is 4.65. The van der Waals surface area contributed by atoms with Gasteiger partial charge in [-0.25, -0.2) is 0 Å². The molecule has 0 amide bonds. The van der Waals surface area contributed by atoms with Crippen LogP contribution in [0.2, 0.25) is 5.04 Å². The highest BCUT2D eigenvalue weighted by molar-refractivity contribution is 6.99. The standard InChI is InChI=1S/C23H28O2Si/c1-22(2,3)26(18-10-6-4-7-11-18,19-12-8-5-9-13-19)25-17-23-15-14-21(24)20(23)16-23/h4-15,20-21,24H,16-17H2,1-3H3/t20-,21-,23-/m0/s1. The molecule has 3 atom stereocenters.